The molecule has 1 aromatic rings. The van der Waals surface area contributed by atoms with E-state index in [0.29, 0.717) is 18.2 Å². The molecule has 0 amide bonds. The zero-order chi connectivity index (χ0) is 13.4. The van der Waals surface area contributed by atoms with Gasteiger partial charge in [-0.15, -0.1) is 0 Å². The molecule has 104 valence electrons. The van der Waals surface area contributed by atoms with Crippen LogP contribution in [0.5, 0.6) is 5.75 Å². The van der Waals surface area contributed by atoms with Gasteiger partial charge < -0.3 is 20.7 Å². The quantitative estimate of drug-likeness (QED) is 0.675. The minimum Gasteiger partial charge on any atom is -0.487 e. The first kappa shape index (κ1) is 15.0. The number of nitrogens with zero attached hydrogens (tertiary/aromatic N) is 2. The Labute approximate surface area is 113 Å². The van der Waals surface area contributed by atoms with Crippen molar-refractivity contribution in [3.05, 3.63) is 0 Å². The molecule has 0 aliphatic carbocycles. The van der Waals surface area contributed by atoms with Gasteiger partial charge in [-0.3, -0.25) is 0 Å². The van der Waals surface area contributed by atoms with E-state index >= 15 is 0 Å². The lowest BCUT2D eigenvalue weighted by molar-refractivity contribution is 0.303. The van der Waals surface area contributed by atoms with Gasteiger partial charge >= 0.3 is 0 Å². The summed E-state index contributed by atoms with van der Waals surface area (Å²) in [6, 6.07) is 0. The summed E-state index contributed by atoms with van der Waals surface area (Å²) < 4.78 is 9.58. The van der Waals surface area contributed by atoms with Crippen molar-refractivity contribution in [1.82, 2.24) is 9.27 Å². The van der Waals surface area contributed by atoms with Crippen LogP contribution >= 0.6 is 11.5 Å². The number of anilines is 2. The second-order valence-corrected chi connectivity index (χ2v) is 4.74. The van der Waals surface area contributed by atoms with E-state index in [0.717, 1.165) is 37.6 Å². The fourth-order valence-electron chi connectivity index (χ4n) is 1.73. The van der Waals surface area contributed by atoms with Crippen LogP contribution in [-0.2, 0) is 0 Å². The van der Waals surface area contributed by atoms with E-state index < -0.39 is 0 Å². The highest BCUT2D eigenvalue weighted by Crippen LogP contribution is 2.34. The minimum absolute atomic E-state index is 0.480. The highest BCUT2D eigenvalue weighted by atomic mass is 32.1. The topological polar surface area (TPSA) is 63.4 Å². The monoisotopic (exact) mass is 272 g/mol. The van der Waals surface area contributed by atoms with Crippen molar-refractivity contribution in [1.29, 1.82) is 0 Å². The molecule has 1 aromatic heterocycles. The molecule has 18 heavy (non-hydrogen) atoms. The molecule has 3 N–H and O–H groups in total. The van der Waals surface area contributed by atoms with Crippen LogP contribution < -0.4 is 15.8 Å². The Kier molecular flexibility index (Phi) is 6.82. The van der Waals surface area contributed by atoms with Crippen molar-refractivity contribution < 1.29 is 4.74 Å². The standard InChI is InChI=1S/C12H24N4OS/c1-4-16(5-2)9-7-8-14-12-10(17-6-3)11(13)15-18-12/h14H,4-9H2,1-3H3,(H2,13,15). The Morgan fingerprint density at radius 3 is 2.67 bits per heavy atom. The average Bonchev–Trinajstić information content (AvgIpc) is 2.72. The van der Waals surface area contributed by atoms with Gasteiger partial charge in [-0.25, -0.2) is 0 Å². The SMILES string of the molecule is CCOc1c(N)nsc1NCCCN(CC)CC. The van der Waals surface area contributed by atoms with Gasteiger partial charge in [-0.2, -0.15) is 4.37 Å². The number of hydrogen-bond donors (Lipinski definition) is 2. The summed E-state index contributed by atoms with van der Waals surface area (Å²) >= 11 is 1.36. The van der Waals surface area contributed by atoms with Crippen molar-refractivity contribution in [3.63, 3.8) is 0 Å². The van der Waals surface area contributed by atoms with E-state index in [4.69, 9.17) is 10.5 Å². The van der Waals surface area contributed by atoms with E-state index in [1.807, 2.05) is 6.92 Å². The highest BCUT2D eigenvalue weighted by Gasteiger charge is 2.11. The zero-order valence-corrected chi connectivity index (χ0v) is 12.3. The summed E-state index contributed by atoms with van der Waals surface area (Å²) in [6.07, 6.45) is 1.10. The predicted molar refractivity (Wildman–Crippen MR) is 78.6 cm³/mol. The van der Waals surface area contributed by atoms with Crippen LogP contribution in [0, 0.1) is 0 Å². The van der Waals surface area contributed by atoms with Gasteiger partial charge in [-0.1, -0.05) is 13.8 Å². The molecule has 0 atom stereocenters. The van der Waals surface area contributed by atoms with Crippen LogP contribution in [0.1, 0.15) is 27.2 Å². The molecule has 5 nitrogen and oxygen atoms in total. The van der Waals surface area contributed by atoms with Crippen molar-refractivity contribution in [3.8, 4) is 5.75 Å². The second kappa shape index (κ2) is 8.16. The van der Waals surface area contributed by atoms with Gasteiger partial charge in [0.1, 0.15) is 0 Å². The molecule has 0 aliphatic heterocycles. The molecular formula is C12H24N4OS. The van der Waals surface area contributed by atoms with Crippen molar-refractivity contribution in [2.45, 2.75) is 27.2 Å². The third kappa shape index (κ3) is 4.34. The normalized spacial score (nSPS) is 10.9. The van der Waals surface area contributed by atoms with E-state index in [1.54, 1.807) is 0 Å². The molecule has 0 bridgehead atoms. The molecule has 6 heteroatoms. The minimum atomic E-state index is 0.480. The first-order valence-corrected chi connectivity index (χ1v) is 7.34. The fourth-order valence-corrected chi connectivity index (χ4v) is 2.42. The van der Waals surface area contributed by atoms with Gasteiger partial charge in [-0.05, 0) is 44.5 Å². The Hall–Kier alpha value is -1.01. The van der Waals surface area contributed by atoms with Gasteiger partial charge in [0.25, 0.3) is 0 Å². The van der Waals surface area contributed by atoms with Crippen molar-refractivity contribution in [2.24, 2.45) is 0 Å². The van der Waals surface area contributed by atoms with Crippen molar-refractivity contribution >= 4 is 22.4 Å². The first-order chi connectivity index (χ1) is 8.72. The highest BCUT2D eigenvalue weighted by molar-refractivity contribution is 7.11. The molecule has 0 fully saturated rings. The summed E-state index contributed by atoms with van der Waals surface area (Å²) in [7, 11) is 0. The first-order valence-electron chi connectivity index (χ1n) is 6.57. The van der Waals surface area contributed by atoms with Gasteiger partial charge in [0.2, 0.25) is 0 Å². The number of nitrogens with one attached hydrogen (secondary N) is 1. The van der Waals surface area contributed by atoms with Crippen LogP contribution in [0.4, 0.5) is 10.8 Å². The third-order valence-electron chi connectivity index (χ3n) is 2.79. The van der Waals surface area contributed by atoms with Crippen molar-refractivity contribution in [2.75, 3.05) is 43.8 Å². The fraction of sp³-hybridized carbons (Fsp3) is 0.750. The average molecular weight is 272 g/mol. The summed E-state index contributed by atoms with van der Waals surface area (Å²) in [5.41, 5.74) is 5.75. The lowest BCUT2D eigenvalue weighted by Gasteiger charge is -2.17. The van der Waals surface area contributed by atoms with Crippen LogP contribution in [0.25, 0.3) is 0 Å². The summed E-state index contributed by atoms with van der Waals surface area (Å²) in [4.78, 5) is 2.41. The Balaban J connectivity index is 2.35. The Morgan fingerprint density at radius 2 is 2.06 bits per heavy atom. The maximum atomic E-state index is 5.75. The van der Waals surface area contributed by atoms with E-state index in [1.165, 1.54) is 11.5 Å². The van der Waals surface area contributed by atoms with Gasteiger partial charge in [0.15, 0.2) is 16.6 Å². The number of hydrogen-bond acceptors (Lipinski definition) is 6. The van der Waals surface area contributed by atoms with E-state index in [9.17, 15) is 0 Å². The number of ether oxygens (including phenoxy) is 1. The lowest BCUT2D eigenvalue weighted by atomic mass is 10.3. The molecular weight excluding hydrogens is 248 g/mol. The van der Waals surface area contributed by atoms with Gasteiger partial charge in [0.05, 0.1) is 6.61 Å². The molecule has 0 aliphatic rings. The van der Waals surface area contributed by atoms with Crippen LogP contribution in [0.15, 0.2) is 0 Å². The second-order valence-electron chi connectivity index (χ2n) is 3.97. The molecule has 0 aromatic carbocycles. The molecule has 0 saturated heterocycles. The largest absolute Gasteiger partial charge is 0.487 e. The maximum absolute atomic E-state index is 5.75. The number of nitrogen functional groups attached to an aromatic ring is 1. The molecule has 0 unspecified atom stereocenters. The number of rotatable bonds is 9. The smallest absolute Gasteiger partial charge is 0.197 e. The summed E-state index contributed by atoms with van der Waals surface area (Å²) in [6.45, 7) is 11.2. The maximum Gasteiger partial charge on any atom is 0.197 e. The summed E-state index contributed by atoms with van der Waals surface area (Å²) in [5.74, 6) is 1.18. The summed E-state index contributed by atoms with van der Waals surface area (Å²) in [5, 5.41) is 4.29. The zero-order valence-electron chi connectivity index (χ0n) is 11.5. The Morgan fingerprint density at radius 1 is 1.33 bits per heavy atom. The van der Waals surface area contributed by atoms with Crippen LogP contribution in [0.2, 0.25) is 0 Å². The predicted octanol–water partition coefficient (Wildman–Crippen LogP) is 2.27. The molecule has 1 rings (SSSR count). The van der Waals surface area contributed by atoms with Crippen LogP contribution in [-0.4, -0.2) is 42.1 Å². The van der Waals surface area contributed by atoms with Crippen LogP contribution in [0.3, 0.4) is 0 Å². The molecule has 0 radical (unpaired) electrons. The van der Waals surface area contributed by atoms with E-state index in [-0.39, 0.29) is 0 Å². The van der Waals surface area contributed by atoms with Gasteiger partial charge in [0, 0.05) is 6.54 Å². The Bertz CT molecular complexity index is 339. The number of aromatic nitrogens is 1. The number of nitrogens with two attached hydrogens (primary N) is 1. The molecule has 1 heterocycles. The van der Waals surface area contributed by atoms with E-state index in [2.05, 4.69) is 28.4 Å². The molecule has 0 spiro atoms. The third-order valence-corrected chi connectivity index (χ3v) is 3.59. The molecule has 0 saturated carbocycles. The lowest BCUT2D eigenvalue weighted by Crippen LogP contribution is -2.25.